The van der Waals surface area contributed by atoms with E-state index in [-0.39, 0.29) is 0 Å². The van der Waals surface area contributed by atoms with Crippen molar-refractivity contribution in [3.8, 4) is 0 Å². The number of hydrogen-bond donors (Lipinski definition) is 1. The van der Waals surface area contributed by atoms with Crippen LogP contribution in [0.2, 0.25) is 0 Å². The SMILES string of the molecule is CCCCCSCC(C)(O)CC. The van der Waals surface area contributed by atoms with E-state index >= 15 is 0 Å². The molecule has 74 valence electrons. The summed E-state index contributed by atoms with van der Waals surface area (Å²) in [7, 11) is 0. The predicted octanol–water partition coefficient (Wildman–Crippen LogP) is 3.07. The fourth-order valence-corrected chi connectivity index (χ4v) is 2.04. The Morgan fingerprint density at radius 2 is 1.92 bits per heavy atom. The van der Waals surface area contributed by atoms with Crippen LogP contribution in [0.4, 0.5) is 0 Å². The summed E-state index contributed by atoms with van der Waals surface area (Å²) < 4.78 is 0. The van der Waals surface area contributed by atoms with Gasteiger partial charge in [0.1, 0.15) is 0 Å². The maximum Gasteiger partial charge on any atom is 0.0707 e. The topological polar surface area (TPSA) is 20.2 Å². The first-order chi connectivity index (χ1) is 5.62. The number of thioether (sulfide) groups is 1. The lowest BCUT2D eigenvalue weighted by atomic mass is 10.1. The molecule has 0 aliphatic rings. The van der Waals surface area contributed by atoms with Crippen LogP contribution in [0.15, 0.2) is 0 Å². The van der Waals surface area contributed by atoms with Crippen LogP contribution in [-0.2, 0) is 0 Å². The second-order valence-electron chi connectivity index (χ2n) is 3.61. The maximum absolute atomic E-state index is 9.66. The third-order valence-corrected chi connectivity index (χ3v) is 3.47. The molecule has 2 heteroatoms. The molecule has 0 saturated heterocycles. The lowest BCUT2D eigenvalue weighted by Gasteiger charge is -2.20. The Bertz CT molecular complexity index is 102. The predicted molar refractivity (Wildman–Crippen MR) is 57.8 cm³/mol. The smallest absolute Gasteiger partial charge is 0.0707 e. The van der Waals surface area contributed by atoms with Crippen LogP contribution >= 0.6 is 11.8 Å². The highest BCUT2D eigenvalue weighted by Gasteiger charge is 2.16. The van der Waals surface area contributed by atoms with Crippen molar-refractivity contribution in [2.24, 2.45) is 0 Å². The average molecular weight is 190 g/mol. The Morgan fingerprint density at radius 3 is 2.42 bits per heavy atom. The fourth-order valence-electron chi connectivity index (χ4n) is 0.848. The van der Waals surface area contributed by atoms with E-state index < -0.39 is 5.60 Å². The monoisotopic (exact) mass is 190 g/mol. The van der Waals surface area contributed by atoms with Gasteiger partial charge in [-0.3, -0.25) is 0 Å². The minimum Gasteiger partial charge on any atom is -0.389 e. The van der Waals surface area contributed by atoms with E-state index in [1.807, 2.05) is 25.6 Å². The second kappa shape index (κ2) is 6.79. The van der Waals surface area contributed by atoms with Gasteiger partial charge in [-0.2, -0.15) is 11.8 Å². The molecule has 0 aromatic rings. The molecule has 0 aliphatic carbocycles. The number of aliphatic hydroxyl groups is 1. The largest absolute Gasteiger partial charge is 0.389 e. The lowest BCUT2D eigenvalue weighted by Crippen LogP contribution is -2.25. The molecule has 0 heterocycles. The minimum absolute atomic E-state index is 0.448. The van der Waals surface area contributed by atoms with Crippen LogP contribution in [0.25, 0.3) is 0 Å². The van der Waals surface area contributed by atoms with Gasteiger partial charge in [0.05, 0.1) is 5.60 Å². The molecule has 1 atom stereocenters. The van der Waals surface area contributed by atoms with Crippen molar-refractivity contribution < 1.29 is 5.11 Å². The van der Waals surface area contributed by atoms with Gasteiger partial charge in [-0.25, -0.2) is 0 Å². The molecule has 1 N–H and O–H groups in total. The average Bonchev–Trinajstić information content (AvgIpc) is 2.04. The molecule has 0 aromatic heterocycles. The molecular formula is C10H22OS. The van der Waals surface area contributed by atoms with E-state index in [2.05, 4.69) is 6.92 Å². The van der Waals surface area contributed by atoms with E-state index in [0.29, 0.717) is 0 Å². The molecule has 0 bridgehead atoms. The fraction of sp³-hybridized carbons (Fsp3) is 1.00. The summed E-state index contributed by atoms with van der Waals surface area (Å²) in [6.45, 7) is 6.17. The summed E-state index contributed by atoms with van der Waals surface area (Å²) in [5.74, 6) is 2.08. The molecule has 0 aliphatic heterocycles. The van der Waals surface area contributed by atoms with Gasteiger partial charge in [-0.05, 0) is 25.5 Å². The van der Waals surface area contributed by atoms with Crippen LogP contribution in [0.3, 0.4) is 0 Å². The molecule has 0 spiro atoms. The van der Waals surface area contributed by atoms with Crippen molar-refractivity contribution in [1.82, 2.24) is 0 Å². The Hall–Kier alpha value is 0.310. The number of rotatable bonds is 7. The quantitative estimate of drug-likeness (QED) is 0.623. The summed E-state index contributed by atoms with van der Waals surface area (Å²) in [5, 5.41) is 9.66. The van der Waals surface area contributed by atoms with E-state index in [1.165, 1.54) is 25.0 Å². The third-order valence-electron chi connectivity index (χ3n) is 2.07. The van der Waals surface area contributed by atoms with Crippen molar-refractivity contribution in [3.63, 3.8) is 0 Å². The highest BCUT2D eigenvalue weighted by molar-refractivity contribution is 7.99. The summed E-state index contributed by atoms with van der Waals surface area (Å²) in [4.78, 5) is 0. The molecule has 0 saturated carbocycles. The van der Waals surface area contributed by atoms with Crippen LogP contribution in [0, 0.1) is 0 Å². The zero-order valence-corrected chi connectivity index (χ0v) is 9.41. The molecule has 0 fully saturated rings. The van der Waals surface area contributed by atoms with Gasteiger partial charge in [-0.15, -0.1) is 0 Å². The summed E-state index contributed by atoms with van der Waals surface area (Å²) in [5.41, 5.74) is -0.448. The van der Waals surface area contributed by atoms with Crippen molar-refractivity contribution >= 4 is 11.8 Å². The molecular weight excluding hydrogens is 168 g/mol. The third kappa shape index (κ3) is 6.99. The van der Waals surface area contributed by atoms with Crippen LogP contribution in [0.5, 0.6) is 0 Å². The maximum atomic E-state index is 9.66. The summed E-state index contributed by atoms with van der Waals surface area (Å²) >= 11 is 1.87. The van der Waals surface area contributed by atoms with Crippen molar-refractivity contribution in [1.29, 1.82) is 0 Å². The Balaban J connectivity index is 3.19. The highest BCUT2D eigenvalue weighted by atomic mass is 32.2. The molecule has 0 radical (unpaired) electrons. The molecule has 0 aromatic carbocycles. The van der Waals surface area contributed by atoms with Crippen molar-refractivity contribution in [3.05, 3.63) is 0 Å². The zero-order chi connectivity index (χ0) is 9.45. The summed E-state index contributed by atoms with van der Waals surface area (Å²) in [6, 6.07) is 0. The van der Waals surface area contributed by atoms with E-state index in [9.17, 15) is 5.11 Å². The van der Waals surface area contributed by atoms with Gasteiger partial charge >= 0.3 is 0 Å². The molecule has 1 nitrogen and oxygen atoms in total. The van der Waals surface area contributed by atoms with Crippen LogP contribution in [-0.4, -0.2) is 22.2 Å². The van der Waals surface area contributed by atoms with E-state index in [1.54, 1.807) is 0 Å². The van der Waals surface area contributed by atoms with Crippen molar-refractivity contribution in [2.75, 3.05) is 11.5 Å². The minimum atomic E-state index is -0.448. The van der Waals surface area contributed by atoms with E-state index in [4.69, 9.17) is 0 Å². The first kappa shape index (κ1) is 12.3. The van der Waals surface area contributed by atoms with Gasteiger partial charge in [0.25, 0.3) is 0 Å². The van der Waals surface area contributed by atoms with Gasteiger partial charge in [-0.1, -0.05) is 26.7 Å². The first-order valence-corrected chi connectivity index (χ1v) is 6.08. The molecule has 1 unspecified atom stereocenters. The molecule has 0 amide bonds. The Labute approximate surface area is 80.9 Å². The standard InChI is InChI=1S/C10H22OS/c1-4-6-7-8-12-9-10(3,11)5-2/h11H,4-9H2,1-3H3. The van der Waals surface area contributed by atoms with E-state index in [0.717, 1.165) is 12.2 Å². The zero-order valence-electron chi connectivity index (χ0n) is 8.60. The second-order valence-corrected chi connectivity index (χ2v) is 4.72. The van der Waals surface area contributed by atoms with Crippen molar-refractivity contribution in [2.45, 2.75) is 52.1 Å². The molecule has 0 rings (SSSR count). The van der Waals surface area contributed by atoms with Crippen LogP contribution < -0.4 is 0 Å². The highest BCUT2D eigenvalue weighted by Crippen LogP contribution is 2.17. The number of unbranched alkanes of at least 4 members (excludes halogenated alkanes) is 2. The molecule has 12 heavy (non-hydrogen) atoms. The Morgan fingerprint density at radius 1 is 1.25 bits per heavy atom. The van der Waals surface area contributed by atoms with Gasteiger partial charge in [0.15, 0.2) is 0 Å². The number of hydrogen-bond acceptors (Lipinski definition) is 2. The lowest BCUT2D eigenvalue weighted by molar-refractivity contribution is 0.0816. The van der Waals surface area contributed by atoms with Gasteiger partial charge in [0, 0.05) is 5.75 Å². The normalized spacial score (nSPS) is 16.0. The summed E-state index contributed by atoms with van der Waals surface area (Å²) in [6.07, 6.45) is 4.75. The first-order valence-electron chi connectivity index (χ1n) is 4.92. The van der Waals surface area contributed by atoms with Gasteiger partial charge < -0.3 is 5.11 Å². The Kier molecular flexibility index (Phi) is 6.96. The van der Waals surface area contributed by atoms with Crippen LogP contribution in [0.1, 0.15) is 46.5 Å². The van der Waals surface area contributed by atoms with Gasteiger partial charge in [0.2, 0.25) is 0 Å².